The Morgan fingerprint density at radius 2 is 2.39 bits per heavy atom. The summed E-state index contributed by atoms with van der Waals surface area (Å²) in [6.45, 7) is 1.99. The molecule has 18 heavy (non-hydrogen) atoms. The fourth-order valence-corrected chi connectivity index (χ4v) is 2.27. The van der Waals surface area contributed by atoms with Gasteiger partial charge in [0.15, 0.2) is 0 Å². The van der Waals surface area contributed by atoms with Crippen LogP contribution in [0.15, 0.2) is 12.3 Å². The molecule has 0 radical (unpaired) electrons. The largest absolute Gasteiger partial charge is 0.395 e. The van der Waals surface area contributed by atoms with Gasteiger partial charge in [-0.2, -0.15) is 11.8 Å². The van der Waals surface area contributed by atoms with Crippen LogP contribution in [0.25, 0.3) is 0 Å². The van der Waals surface area contributed by atoms with Crippen LogP contribution in [0.1, 0.15) is 17.3 Å². The van der Waals surface area contributed by atoms with Gasteiger partial charge in [0, 0.05) is 17.5 Å². The Hall–Kier alpha value is -0.980. The zero-order chi connectivity index (χ0) is 13.7. The summed E-state index contributed by atoms with van der Waals surface area (Å²) in [7, 11) is 0. The molecule has 0 saturated carbocycles. The fraction of sp³-hybridized carbons (Fsp3) is 0.455. The molecule has 1 amide bonds. The van der Waals surface area contributed by atoms with Gasteiger partial charge in [-0.25, -0.2) is 4.98 Å². The Labute approximate surface area is 115 Å². The van der Waals surface area contributed by atoms with Gasteiger partial charge < -0.3 is 16.2 Å². The monoisotopic (exact) mass is 289 g/mol. The molecular formula is C11H16ClN3O2S. The summed E-state index contributed by atoms with van der Waals surface area (Å²) in [6, 6.07) is 1.47. The van der Waals surface area contributed by atoms with Crippen LogP contribution < -0.4 is 11.1 Å². The number of nitrogens with zero attached hydrogens (tertiary/aromatic N) is 1. The topological polar surface area (TPSA) is 88.2 Å². The van der Waals surface area contributed by atoms with Gasteiger partial charge in [-0.1, -0.05) is 11.6 Å². The predicted molar refractivity (Wildman–Crippen MR) is 75.2 cm³/mol. The van der Waals surface area contributed by atoms with E-state index in [1.807, 2.05) is 13.2 Å². The van der Waals surface area contributed by atoms with Crippen LogP contribution in [-0.2, 0) is 0 Å². The van der Waals surface area contributed by atoms with Crippen molar-refractivity contribution in [2.75, 3.05) is 18.2 Å². The number of hydrogen-bond donors (Lipinski definition) is 3. The van der Waals surface area contributed by atoms with E-state index in [-0.39, 0.29) is 23.5 Å². The van der Waals surface area contributed by atoms with E-state index in [1.54, 1.807) is 11.8 Å². The summed E-state index contributed by atoms with van der Waals surface area (Å²) >= 11 is 7.56. The Morgan fingerprint density at radius 1 is 1.72 bits per heavy atom. The third kappa shape index (κ3) is 3.76. The Kier molecular flexibility index (Phi) is 5.71. The molecule has 5 nitrogen and oxygen atoms in total. The lowest BCUT2D eigenvalue weighted by Crippen LogP contribution is -2.31. The van der Waals surface area contributed by atoms with E-state index in [2.05, 4.69) is 10.3 Å². The van der Waals surface area contributed by atoms with E-state index in [4.69, 9.17) is 17.3 Å². The Bertz CT molecular complexity index is 427. The van der Waals surface area contributed by atoms with E-state index in [9.17, 15) is 9.90 Å². The highest BCUT2D eigenvalue weighted by atomic mass is 35.5. The Morgan fingerprint density at radius 3 is 2.83 bits per heavy atom. The average molecular weight is 290 g/mol. The highest BCUT2D eigenvalue weighted by Crippen LogP contribution is 2.22. The summed E-state index contributed by atoms with van der Waals surface area (Å²) in [5, 5.41) is 12.7. The summed E-state index contributed by atoms with van der Waals surface area (Å²) in [4.78, 5) is 15.0. The van der Waals surface area contributed by atoms with Gasteiger partial charge in [-0.3, -0.25) is 4.79 Å². The van der Waals surface area contributed by atoms with Crippen molar-refractivity contribution in [3.8, 4) is 0 Å². The number of nitrogens with one attached hydrogen (secondary N) is 1. The van der Waals surface area contributed by atoms with Crippen LogP contribution in [0.5, 0.6) is 0 Å². The number of aliphatic hydroxyl groups excluding tert-OH is 1. The molecule has 0 fully saturated rings. The third-order valence-electron chi connectivity index (χ3n) is 2.53. The molecule has 0 spiro atoms. The van der Waals surface area contributed by atoms with Crippen molar-refractivity contribution in [2.45, 2.75) is 18.2 Å². The lowest BCUT2D eigenvalue weighted by molar-refractivity contribution is 0.1000. The number of aliphatic hydroxyl groups is 1. The molecule has 0 aromatic carbocycles. The molecular weight excluding hydrogens is 274 g/mol. The van der Waals surface area contributed by atoms with E-state index in [0.29, 0.717) is 10.8 Å². The molecule has 2 unspecified atom stereocenters. The zero-order valence-electron chi connectivity index (χ0n) is 10.2. The lowest BCUT2D eigenvalue weighted by atomic mass is 10.2. The maximum atomic E-state index is 11.0. The predicted octanol–water partition coefficient (Wildman–Crippen LogP) is 1.36. The second kappa shape index (κ2) is 6.82. The van der Waals surface area contributed by atoms with Crippen molar-refractivity contribution in [3.05, 3.63) is 22.8 Å². The van der Waals surface area contributed by atoms with Crippen LogP contribution in [0.2, 0.25) is 5.02 Å². The minimum Gasteiger partial charge on any atom is -0.395 e. The molecule has 0 aliphatic carbocycles. The quantitative estimate of drug-likeness (QED) is 0.736. The first-order chi connectivity index (χ1) is 8.49. The van der Waals surface area contributed by atoms with E-state index in [0.717, 1.165) is 0 Å². The molecule has 0 bridgehead atoms. The van der Waals surface area contributed by atoms with Gasteiger partial charge in [0.1, 0.15) is 5.82 Å². The number of carbonyl (C=O) groups is 1. The van der Waals surface area contributed by atoms with Crippen molar-refractivity contribution in [1.29, 1.82) is 0 Å². The molecule has 1 aromatic heterocycles. The van der Waals surface area contributed by atoms with Crippen LogP contribution in [0.3, 0.4) is 0 Å². The van der Waals surface area contributed by atoms with Gasteiger partial charge in [-0.15, -0.1) is 0 Å². The third-order valence-corrected chi connectivity index (χ3v) is 3.98. The van der Waals surface area contributed by atoms with Crippen LogP contribution in [0, 0.1) is 0 Å². The first kappa shape index (κ1) is 15.1. The molecule has 4 N–H and O–H groups in total. The number of nitrogens with two attached hydrogens (primary N) is 1. The number of thioether (sulfide) groups is 1. The first-order valence-corrected chi connectivity index (χ1v) is 7.01. The molecule has 100 valence electrons. The van der Waals surface area contributed by atoms with Crippen molar-refractivity contribution >= 4 is 35.1 Å². The number of anilines is 1. The molecule has 0 aliphatic rings. The van der Waals surface area contributed by atoms with Crippen molar-refractivity contribution in [1.82, 2.24) is 4.98 Å². The maximum absolute atomic E-state index is 11.0. The molecule has 1 aromatic rings. The summed E-state index contributed by atoms with van der Waals surface area (Å²) in [5.41, 5.74) is 5.40. The minimum absolute atomic E-state index is 0.00516. The van der Waals surface area contributed by atoms with Crippen molar-refractivity contribution in [3.63, 3.8) is 0 Å². The van der Waals surface area contributed by atoms with Crippen LogP contribution in [-0.4, -0.2) is 40.2 Å². The molecule has 1 rings (SSSR count). The number of pyridine rings is 1. The molecule has 0 aliphatic heterocycles. The number of rotatable bonds is 6. The highest BCUT2D eigenvalue weighted by Gasteiger charge is 2.17. The summed E-state index contributed by atoms with van der Waals surface area (Å²) in [6.07, 6.45) is 3.29. The number of primary amides is 1. The molecule has 2 atom stereocenters. The van der Waals surface area contributed by atoms with Crippen LogP contribution in [0.4, 0.5) is 5.82 Å². The summed E-state index contributed by atoms with van der Waals surface area (Å²) in [5.74, 6) is -0.0944. The molecule has 0 saturated heterocycles. The number of aromatic nitrogens is 1. The van der Waals surface area contributed by atoms with Crippen molar-refractivity contribution < 1.29 is 9.90 Å². The second-order valence-corrected chi connectivity index (χ2v) is 5.29. The van der Waals surface area contributed by atoms with Gasteiger partial charge in [-0.05, 0) is 19.2 Å². The van der Waals surface area contributed by atoms with Gasteiger partial charge in [0.2, 0.25) is 5.91 Å². The Balaban J connectivity index is 2.82. The van der Waals surface area contributed by atoms with E-state index >= 15 is 0 Å². The van der Waals surface area contributed by atoms with Gasteiger partial charge in [0.05, 0.1) is 17.2 Å². The van der Waals surface area contributed by atoms with E-state index in [1.165, 1.54) is 12.3 Å². The number of carbonyl (C=O) groups excluding carboxylic acids is 1. The molecule has 1 heterocycles. The number of hydrogen-bond acceptors (Lipinski definition) is 5. The smallest absolute Gasteiger partial charge is 0.250 e. The molecule has 7 heteroatoms. The number of amides is 1. The van der Waals surface area contributed by atoms with Crippen LogP contribution >= 0.6 is 23.4 Å². The summed E-state index contributed by atoms with van der Waals surface area (Å²) < 4.78 is 0. The highest BCUT2D eigenvalue weighted by molar-refractivity contribution is 7.99. The maximum Gasteiger partial charge on any atom is 0.250 e. The van der Waals surface area contributed by atoms with E-state index < -0.39 is 5.91 Å². The minimum atomic E-state index is -0.568. The first-order valence-electron chi connectivity index (χ1n) is 5.35. The lowest BCUT2D eigenvalue weighted by Gasteiger charge is -2.22. The SMILES string of the molecule is CSC(CO)C(C)Nc1ncc(C(N)=O)cc1Cl. The zero-order valence-corrected chi connectivity index (χ0v) is 11.8. The standard InChI is InChI=1S/C11H16ClN3O2S/c1-6(9(5-16)18-2)15-11-8(12)3-7(4-14-11)10(13)17/h3-4,6,9,16H,5H2,1-2H3,(H2,13,17)(H,14,15). The fourth-order valence-electron chi connectivity index (χ4n) is 1.42. The van der Waals surface area contributed by atoms with Crippen molar-refractivity contribution in [2.24, 2.45) is 5.73 Å². The van der Waals surface area contributed by atoms with Gasteiger partial charge >= 0.3 is 0 Å². The number of halogens is 1. The second-order valence-electron chi connectivity index (χ2n) is 3.81. The normalized spacial score (nSPS) is 14.0. The average Bonchev–Trinajstić information content (AvgIpc) is 2.33. The van der Waals surface area contributed by atoms with Gasteiger partial charge in [0.25, 0.3) is 0 Å².